The predicted octanol–water partition coefficient (Wildman–Crippen LogP) is 3.37. The summed E-state index contributed by atoms with van der Waals surface area (Å²) in [5.41, 5.74) is 7.69. The van der Waals surface area contributed by atoms with Gasteiger partial charge in [-0.15, -0.1) is 0 Å². The lowest BCUT2D eigenvalue weighted by Crippen LogP contribution is -2.41. The van der Waals surface area contributed by atoms with Crippen LogP contribution in [-0.4, -0.2) is 29.5 Å². The summed E-state index contributed by atoms with van der Waals surface area (Å²) in [5.74, 6) is 0.849. The summed E-state index contributed by atoms with van der Waals surface area (Å²) in [4.78, 5) is 6.60. The lowest BCUT2D eigenvalue weighted by Gasteiger charge is -2.36. The molecule has 0 bridgehead atoms. The summed E-state index contributed by atoms with van der Waals surface area (Å²) in [6.45, 7) is 3.34. The Hall–Kier alpha value is -0.930. The summed E-state index contributed by atoms with van der Waals surface area (Å²) >= 11 is 0. The minimum atomic E-state index is 0.186. The van der Waals surface area contributed by atoms with Crippen LogP contribution in [0.4, 0.5) is 0 Å². The monoisotopic (exact) mass is 275 g/mol. The Bertz CT molecular complexity index is 373. The Balaban J connectivity index is 2.05. The topological polar surface area (TPSA) is 42.1 Å². The van der Waals surface area contributed by atoms with E-state index in [2.05, 4.69) is 36.0 Å². The van der Waals surface area contributed by atoms with Crippen molar-refractivity contribution in [1.82, 2.24) is 9.88 Å². The Morgan fingerprint density at radius 3 is 2.50 bits per heavy atom. The molecule has 0 spiro atoms. The molecule has 3 nitrogen and oxygen atoms in total. The predicted molar refractivity (Wildman–Crippen MR) is 84.4 cm³/mol. The quantitative estimate of drug-likeness (QED) is 0.865. The lowest BCUT2D eigenvalue weighted by molar-refractivity contribution is 0.161. The Morgan fingerprint density at radius 2 is 1.90 bits per heavy atom. The van der Waals surface area contributed by atoms with Gasteiger partial charge >= 0.3 is 0 Å². The van der Waals surface area contributed by atoms with Crippen LogP contribution in [0.2, 0.25) is 0 Å². The molecule has 3 heteroatoms. The molecule has 1 heterocycles. The molecule has 1 aromatic rings. The fourth-order valence-electron chi connectivity index (χ4n) is 3.50. The minimum Gasteiger partial charge on any atom is -0.326 e. The molecular weight excluding hydrogens is 246 g/mol. The van der Waals surface area contributed by atoms with Gasteiger partial charge in [-0.05, 0) is 49.9 Å². The van der Waals surface area contributed by atoms with Crippen molar-refractivity contribution in [3.8, 4) is 0 Å². The van der Waals surface area contributed by atoms with Crippen LogP contribution in [-0.2, 0) is 0 Å². The smallest absolute Gasteiger partial charge is 0.0497 e. The largest absolute Gasteiger partial charge is 0.326 e. The van der Waals surface area contributed by atoms with E-state index in [1.165, 1.54) is 44.2 Å². The van der Waals surface area contributed by atoms with Crippen molar-refractivity contribution in [3.63, 3.8) is 0 Å². The number of hydrogen-bond donors (Lipinski definition) is 1. The number of hydrogen-bond acceptors (Lipinski definition) is 3. The molecule has 20 heavy (non-hydrogen) atoms. The highest BCUT2D eigenvalue weighted by atomic mass is 15.1. The van der Waals surface area contributed by atoms with E-state index in [1.54, 1.807) is 0 Å². The summed E-state index contributed by atoms with van der Waals surface area (Å²) in [7, 11) is 2.23. The summed E-state index contributed by atoms with van der Waals surface area (Å²) in [6, 6.07) is 4.71. The van der Waals surface area contributed by atoms with Gasteiger partial charge in [0, 0.05) is 31.0 Å². The van der Waals surface area contributed by atoms with E-state index >= 15 is 0 Å². The van der Waals surface area contributed by atoms with Crippen molar-refractivity contribution in [1.29, 1.82) is 0 Å². The zero-order valence-electron chi connectivity index (χ0n) is 13.0. The first-order valence-corrected chi connectivity index (χ1v) is 8.08. The van der Waals surface area contributed by atoms with Crippen LogP contribution in [0.5, 0.6) is 0 Å². The molecule has 0 aromatic carbocycles. The second-order valence-corrected chi connectivity index (χ2v) is 6.24. The third kappa shape index (κ3) is 4.03. The normalized spacial score (nSPS) is 20.0. The zero-order valence-corrected chi connectivity index (χ0v) is 13.0. The molecular formula is C17H29N3. The summed E-state index contributed by atoms with van der Waals surface area (Å²) in [5, 5.41) is 0. The van der Waals surface area contributed by atoms with Gasteiger partial charge in [-0.1, -0.05) is 26.2 Å². The van der Waals surface area contributed by atoms with Gasteiger partial charge in [0.15, 0.2) is 0 Å². The van der Waals surface area contributed by atoms with E-state index in [-0.39, 0.29) is 6.04 Å². The van der Waals surface area contributed by atoms with Gasteiger partial charge in [0.2, 0.25) is 0 Å². The molecule has 1 aliphatic carbocycles. The third-order valence-corrected chi connectivity index (χ3v) is 4.67. The molecule has 2 unspecified atom stereocenters. The van der Waals surface area contributed by atoms with Crippen LogP contribution in [0.1, 0.15) is 57.1 Å². The van der Waals surface area contributed by atoms with E-state index in [4.69, 9.17) is 5.73 Å². The fraction of sp³-hybridized carbons (Fsp3) is 0.706. The first kappa shape index (κ1) is 15.5. The van der Waals surface area contributed by atoms with E-state index in [1.807, 2.05) is 12.4 Å². The van der Waals surface area contributed by atoms with Crippen LogP contribution in [0.25, 0.3) is 0 Å². The van der Waals surface area contributed by atoms with Crippen molar-refractivity contribution < 1.29 is 0 Å². The van der Waals surface area contributed by atoms with Crippen molar-refractivity contribution in [2.45, 2.75) is 57.5 Å². The van der Waals surface area contributed by atoms with E-state index in [9.17, 15) is 0 Å². The fourth-order valence-corrected chi connectivity index (χ4v) is 3.50. The van der Waals surface area contributed by atoms with Gasteiger partial charge in [-0.25, -0.2) is 0 Å². The minimum absolute atomic E-state index is 0.186. The second-order valence-electron chi connectivity index (χ2n) is 6.24. The van der Waals surface area contributed by atoms with Crippen LogP contribution in [0.3, 0.4) is 0 Å². The highest BCUT2D eigenvalue weighted by molar-refractivity contribution is 5.17. The molecule has 1 aromatic heterocycles. The van der Waals surface area contributed by atoms with Gasteiger partial charge in [-0.3, -0.25) is 9.88 Å². The number of aromatic nitrogens is 1. The third-order valence-electron chi connectivity index (χ3n) is 4.67. The molecule has 1 saturated carbocycles. The number of rotatable bonds is 6. The first-order chi connectivity index (χ1) is 9.72. The van der Waals surface area contributed by atoms with Crippen molar-refractivity contribution >= 4 is 0 Å². The van der Waals surface area contributed by atoms with Crippen molar-refractivity contribution in [3.05, 3.63) is 30.1 Å². The maximum atomic E-state index is 6.39. The van der Waals surface area contributed by atoms with Crippen molar-refractivity contribution in [2.24, 2.45) is 11.7 Å². The molecule has 2 atom stereocenters. The molecule has 2 rings (SSSR count). The van der Waals surface area contributed by atoms with Crippen LogP contribution in [0, 0.1) is 5.92 Å². The van der Waals surface area contributed by atoms with Gasteiger partial charge in [0.1, 0.15) is 0 Å². The van der Waals surface area contributed by atoms with Gasteiger partial charge in [0.05, 0.1) is 0 Å². The van der Waals surface area contributed by atoms with Gasteiger partial charge in [0.25, 0.3) is 0 Å². The average molecular weight is 275 g/mol. The molecule has 0 saturated heterocycles. The first-order valence-electron chi connectivity index (χ1n) is 8.08. The molecule has 0 radical (unpaired) electrons. The maximum Gasteiger partial charge on any atom is 0.0497 e. The van der Waals surface area contributed by atoms with E-state index < -0.39 is 0 Å². The molecule has 112 valence electrons. The Kier molecular flexibility index (Phi) is 5.99. The second kappa shape index (κ2) is 7.75. The number of nitrogens with two attached hydrogens (primary N) is 1. The Labute approximate surface area is 123 Å². The SMILES string of the molecule is CCC(N)C(c1ccncc1)N(C)CC1CCCCC1. The molecule has 0 aliphatic heterocycles. The zero-order chi connectivity index (χ0) is 14.4. The van der Waals surface area contributed by atoms with Gasteiger partial charge < -0.3 is 5.73 Å². The van der Waals surface area contributed by atoms with E-state index in [0.29, 0.717) is 6.04 Å². The summed E-state index contributed by atoms with van der Waals surface area (Å²) in [6.07, 6.45) is 11.7. The van der Waals surface area contributed by atoms with Crippen molar-refractivity contribution in [2.75, 3.05) is 13.6 Å². The molecule has 2 N–H and O–H groups in total. The van der Waals surface area contributed by atoms with Gasteiger partial charge in [-0.2, -0.15) is 0 Å². The number of nitrogens with zero attached hydrogens (tertiary/aromatic N) is 2. The highest BCUT2D eigenvalue weighted by Crippen LogP contribution is 2.29. The maximum absolute atomic E-state index is 6.39. The standard InChI is InChI=1S/C17H29N3/c1-3-16(18)17(15-9-11-19-12-10-15)20(2)13-14-7-5-4-6-8-14/h9-12,14,16-17H,3-8,13,18H2,1-2H3. The summed E-state index contributed by atoms with van der Waals surface area (Å²) < 4.78 is 0. The van der Waals surface area contributed by atoms with E-state index in [0.717, 1.165) is 12.3 Å². The highest BCUT2D eigenvalue weighted by Gasteiger charge is 2.25. The molecule has 1 fully saturated rings. The number of pyridine rings is 1. The molecule has 1 aliphatic rings. The lowest BCUT2D eigenvalue weighted by atomic mass is 9.88. The number of likely N-dealkylation sites (N-methyl/N-ethyl adjacent to an activating group) is 1. The van der Waals surface area contributed by atoms with Crippen LogP contribution >= 0.6 is 0 Å². The Morgan fingerprint density at radius 1 is 1.25 bits per heavy atom. The molecule has 0 amide bonds. The van der Waals surface area contributed by atoms with Crippen LogP contribution in [0.15, 0.2) is 24.5 Å². The van der Waals surface area contributed by atoms with Crippen LogP contribution < -0.4 is 5.73 Å². The average Bonchev–Trinajstić information content (AvgIpc) is 2.49.